The van der Waals surface area contributed by atoms with Gasteiger partial charge in [-0.05, 0) is 19.4 Å². The Morgan fingerprint density at radius 1 is 1.21 bits per heavy atom. The van der Waals surface area contributed by atoms with Crippen molar-refractivity contribution < 1.29 is 8.42 Å². The maximum Gasteiger partial charge on any atom is 0.296 e. The van der Waals surface area contributed by atoms with Crippen molar-refractivity contribution in [2.75, 3.05) is 0 Å². The van der Waals surface area contributed by atoms with Gasteiger partial charge in [-0.3, -0.25) is 4.57 Å². The molecule has 0 N–H and O–H groups in total. The summed E-state index contributed by atoms with van der Waals surface area (Å²) in [5.74, 6) is 0.584. The average Bonchev–Trinajstić information content (AvgIpc) is 2.74. The molecule has 0 aliphatic rings. The quantitative estimate of drug-likeness (QED) is 0.813. The normalized spacial score (nSPS) is 12.0. The van der Waals surface area contributed by atoms with Gasteiger partial charge in [0.1, 0.15) is 5.82 Å². The number of nitrogens with zero attached hydrogens (tertiary/aromatic N) is 3. The molecule has 0 spiro atoms. The van der Waals surface area contributed by atoms with Gasteiger partial charge in [0.2, 0.25) is 0 Å². The van der Waals surface area contributed by atoms with Gasteiger partial charge in [0.15, 0.2) is 0 Å². The second-order valence-corrected chi connectivity index (χ2v) is 6.92. The molecular formula is C12H14ClN3O2S. The van der Waals surface area contributed by atoms with E-state index in [9.17, 15) is 8.42 Å². The van der Waals surface area contributed by atoms with Gasteiger partial charge in [-0.2, -0.15) is 0 Å². The zero-order valence-electron chi connectivity index (χ0n) is 10.6. The molecule has 0 aliphatic carbocycles. The highest BCUT2D eigenvalue weighted by Crippen LogP contribution is 2.20. The minimum atomic E-state index is -3.89. The monoisotopic (exact) mass is 299 g/mol. The molecule has 0 unspecified atom stereocenters. The summed E-state index contributed by atoms with van der Waals surface area (Å²) in [6.07, 6.45) is 0.512. The first kappa shape index (κ1) is 14.0. The second-order valence-electron chi connectivity index (χ2n) is 4.46. The van der Waals surface area contributed by atoms with Gasteiger partial charge in [0, 0.05) is 23.1 Å². The van der Waals surface area contributed by atoms with Crippen LogP contribution in [0.3, 0.4) is 0 Å². The molecule has 2 aromatic rings. The summed E-state index contributed by atoms with van der Waals surface area (Å²) in [6, 6.07) is 9.58. The van der Waals surface area contributed by atoms with Crippen molar-refractivity contribution in [3.8, 4) is 0 Å². The van der Waals surface area contributed by atoms with Crippen LogP contribution in [0.4, 0.5) is 0 Å². The number of hydrogen-bond donors (Lipinski definition) is 0. The molecule has 0 amide bonds. The molecule has 7 heteroatoms. The number of rotatable bonds is 4. The van der Waals surface area contributed by atoms with E-state index >= 15 is 0 Å². The maximum atomic E-state index is 11.5. The molecule has 1 aromatic carbocycles. The number of hydrogen-bond acceptors (Lipinski definition) is 4. The Morgan fingerprint density at radius 2 is 1.84 bits per heavy atom. The lowest BCUT2D eigenvalue weighted by Gasteiger charge is -2.12. The Morgan fingerprint density at radius 3 is 2.37 bits per heavy atom. The first-order valence-electron chi connectivity index (χ1n) is 5.82. The SMILES string of the molecule is CC(C)n1c(Cc2ccccc2)nnc1S(=O)(=O)Cl. The predicted molar refractivity (Wildman–Crippen MR) is 72.7 cm³/mol. The van der Waals surface area contributed by atoms with Crippen molar-refractivity contribution in [1.82, 2.24) is 14.8 Å². The molecule has 0 saturated carbocycles. The summed E-state index contributed by atoms with van der Waals surface area (Å²) < 4.78 is 24.5. The molecule has 0 saturated heterocycles. The zero-order valence-corrected chi connectivity index (χ0v) is 12.2. The molecule has 0 bridgehead atoms. The predicted octanol–water partition coefficient (Wildman–Crippen LogP) is 2.38. The van der Waals surface area contributed by atoms with Crippen molar-refractivity contribution >= 4 is 19.7 Å². The highest BCUT2D eigenvalue weighted by Gasteiger charge is 2.24. The van der Waals surface area contributed by atoms with Gasteiger partial charge in [-0.25, -0.2) is 8.42 Å². The van der Waals surface area contributed by atoms with Crippen molar-refractivity contribution in [3.63, 3.8) is 0 Å². The Labute approximate surface area is 116 Å². The molecule has 1 heterocycles. The van der Waals surface area contributed by atoms with Crippen LogP contribution < -0.4 is 0 Å². The molecule has 1 aromatic heterocycles. The minimum absolute atomic E-state index is 0.0859. The molecular weight excluding hydrogens is 286 g/mol. The lowest BCUT2D eigenvalue weighted by molar-refractivity contribution is 0.512. The molecule has 0 aliphatic heterocycles. The van der Waals surface area contributed by atoms with Crippen molar-refractivity contribution in [2.24, 2.45) is 0 Å². The van der Waals surface area contributed by atoms with Gasteiger partial charge in [0.25, 0.3) is 14.2 Å². The second kappa shape index (κ2) is 5.30. The fraction of sp³-hybridized carbons (Fsp3) is 0.333. The molecule has 19 heavy (non-hydrogen) atoms. The fourth-order valence-electron chi connectivity index (χ4n) is 1.89. The van der Waals surface area contributed by atoms with E-state index in [-0.39, 0.29) is 11.2 Å². The Bertz CT molecular complexity index is 666. The summed E-state index contributed by atoms with van der Waals surface area (Å²) in [7, 11) is 1.48. The van der Waals surface area contributed by atoms with Crippen molar-refractivity contribution in [1.29, 1.82) is 0 Å². The molecule has 2 rings (SSSR count). The van der Waals surface area contributed by atoms with Gasteiger partial charge < -0.3 is 0 Å². The largest absolute Gasteiger partial charge is 0.298 e. The van der Waals surface area contributed by atoms with E-state index in [0.29, 0.717) is 12.2 Å². The van der Waals surface area contributed by atoms with Crippen LogP contribution in [0.25, 0.3) is 0 Å². The first-order valence-corrected chi connectivity index (χ1v) is 8.13. The first-order chi connectivity index (χ1) is 8.89. The van der Waals surface area contributed by atoms with Gasteiger partial charge in [0.05, 0.1) is 0 Å². The number of aromatic nitrogens is 3. The third kappa shape index (κ3) is 3.13. The topological polar surface area (TPSA) is 64.8 Å². The van der Waals surface area contributed by atoms with E-state index < -0.39 is 9.05 Å². The van der Waals surface area contributed by atoms with Crippen LogP contribution in [0.1, 0.15) is 31.3 Å². The fourth-order valence-corrected chi connectivity index (χ4v) is 2.90. The van der Waals surface area contributed by atoms with Gasteiger partial charge >= 0.3 is 0 Å². The Balaban J connectivity index is 2.45. The van der Waals surface area contributed by atoms with E-state index in [1.165, 1.54) is 0 Å². The van der Waals surface area contributed by atoms with Crippen molar-refractivity contribution in [2.45, 2.75) is 31.5 Å². The minimum Gasteiger partial charge on any atom is -0.298 e. The highest BCUT2D eigenvalue weighted by molar-refractivity contribution is 8.13. The maximum absolute atomic E-state index is 11.5. The van der Waals surface area contributed by atoms with Crippen LogP contribution in [0.2, 0.25) is 0 Å². The third-order valence-corrected chi connectivity index (χ3v) is 3.80. The summed E-state index contributed by atoms with van der Waals surface area (Å²) in [6.45, 7) is 3.73. The summed E-state index contributed by atoms with van der Waals surface area (Å²) in [5, 5.41) is 7.45. The van der Waals surface area contributed by atoms with Crippen LogP contribution in [-0.4, -0.2) is 23.2 Å². The molecule has 0 atom stereocenters. The highest BCUT2D eigenvalue weighted by atomic mass is 35.7. The smallest absolute Gasteiger partial charge is 0.296 e. The van der Waals surface area contributed by atoms with E-state index in [4.69, 9.17) is 10.7 Å². The van der Waals surface area contributed by atoms with Crippen LogP contribution in [0, 0.1) is 0 Å². The standard InChI is InChI=1S/C12H14ClN3O2S/c1-9(2)16-11(8-10-6-4-3-5-7-10)14-15-12(16)19(13,17)18/h3-7,9H,8H2,1-2H3. The van der Waals surface area contributed by atoms with E-state index in [2.05, 4.69) is 10.2 Å². The number of benzene rings is 1. The van der Waals surface area contributed by atoms with Gasteiger partial charge in [-0.1, -0.05) is 30.3 Å². The van der Waals surface area contributed by atoms with Crippen LogP contribution in [0.5, 0.6) is 0 Å². The van der Waals surface area contributed by atoms with Gasteiger partial charge in [-0.15, -0.1) is 10.2 Å². The van der Waals surface area contributed by atoms with E-state index in [1.807, 2.05) is 44.2 Å². The van der Waals surface area contributed by atoms with Crippen LogP contribution in [0.15, 0.2) is 35.5 Å². The third-order valence-electron chi connectivity index (χ3n) is 2.67. The molecule has 5 nitrogen and oxygen atoms in total. The lowest BCUT2D eigenvalue weighted by Crippen LogP contribution is -2.12. The van der Waals surface area contributed by atoms with Crippen LogP contribution in [-0.2, 0) is 15.5 Å². The number of halogens is 1. The summed E-state index contributed by atoms with van der Waals surface area (Å²) in [4.78, 5) is 0. The summed E-state index contributed by atoms with van der Waals surface area (Å²) >= 11 is 0. The van der Waals surface area contributed by atoms with Crippen molar-refractivity contribution in [3.05, 3.63) is 41.7 Å². The lowest BCUT2D eigenvalue weighted by atomic mass is 10.1. The molecule has 0 fully saturated rings. The Kier molecular flexibility index (Phi) is 3.91. The molecule has 0 radical (unpaired) electrons. The van der Waals surface area contributed by atoms with E-state index in [1.54, 1.807) is 4.57 Å². The zero-order chi connectivity index (χ0) is 14.0. The molecule has 102 valence electrons. The van der Waals surface area contributed by atoms with E-state index in [0.717, 1.165) is 5.56 Å². The van der Waals surface area contributed by atoms with Crippen LogP contribution >= 0.6 is 10.7 Å². The average molecular weight is 300 g/mol. The summed E-state index contributed by atoms with van der Waals surface area (Å²) in [5.41, 5.74) is 1.04. The Hall–Kier alpha value is -1.40.